The number of rotatable bonds is 7. The standard InChI is InChI=1S/C49H31FN4/c50-37-24-28-39(29-25-37)54(38-26-22-33(23-27-38)32-12-4-1-5-13-32)40-30-43-41-20-10-18-34-19-11-21-42(45(34)41)46(43)44(31-40)49-52-47(35-14-6-2-7-15-35)51-48(53-49)36-16-8-3-9-17-36/h1-31H. The predicted molar refractivity (Wildman–Crippen MR) is 218 cm³/mol. The van der Waals surface area contributed by atoms with Crippen molar-refractivity contribution in [3.05, 3.63) is 194 Å². The Kier molecular flexibility index (Phi) is 7.62. The molecule has 0 radical (unpaired) electrons. The minimum Gasteiger partial charge on any atom is -0.310 e. The number of hydrogen-bond acceptors (Lipinski definition) is 4. The fraction of sp³-hybridized carbons (Fsp3) is 0. The Bertz CT molecular complexity index is 2740. The number of nitrogens with zero attached hydrogens (tertiary/aromatic N) is 4. The van der Waals surface area contributed by atoms with E-state index < -0.39 is 0 Å². The molecule has 4 nitrogen and oxygen atoms in total. The number of halogens is 1. The average molecular weight is 695 g/mol. The van der Waals surface area contributed by atoms with Crippen LogP contribution in [0, 0.1) is 5.82 Å². The fourth-order valence-electron chi connectivity index (χ4n) is 7.61. The van der Waals surface area contributed by atoms with Crippen molar-refractivity contribution in [1.82, 2.24) is 15.0 Å². The van der Waals surface area contributed by atoms with Gasteiger partial charge in [0.2, 0.25) is 0 Å². The minimum absolute atomic E-state index is 0.290. The van der Waals surface area contributed by atoms with Crippen LogP contribution in [0.25, 0.3) is 78.3 Å². The molecule has 254 valence electrons. The summed E-state index contributed by atoms with van der Waals surface area (Å²) in [6.45, 7) is 0. The maximum absolute atomic E-state index is 14.5. The quantitative estimate of drug-likeness (QED) is 0.167. The first kappa shape index (κ1) is 31.5. The molecule has 1 aromatic heterocycles. The van der Waals surface area contributed by atoms with Gasteiger partial charge in [0.25, 0.3) is 0 Å². The van der Waals surface area contributed by atoms with Gasteiger partial charge in [-0.15, -0.1) is 0 Å². The van der Waals surface area contributed by atoms with Crippen LogP contribution in [0.2, 0.25) is 0 Å². The lowest BCUT2D eigenvalue weighted by atomic mass is 9.95. The largest absolute Gasteiger partial charge is 0.310 e. The van der Waals surface area contributed by atoms with E-state index in [1.165, 1.54) is 22.9 Å². The van der Waals surface area contributed by atoms with Gasteiger partial charge in [-0.3, -0.25) is 0 Å². The third-order valence-corrected chi connectivity index (χ3v) is 10.1. The zero-order chi connectivity index (χ0) is 36.0. The van der Waals surface area contributed by atoms with Crippen molar-refractivity contribution < 1.29 is 4.39 Å². The van der Waals surface area contributed by atoms with Crippen LogP contribution in [-0.4, -0.2) is 15.0 Å². The summed E-state index contributed by atoms with van der Waals surface area (Å²) >= 11 is 0. The molecule has 0 unspecified atom stereocenters. The zero-order valence-corrected chi connectivity index (χ0v) is 29.1. The summed E-state index contributed by atoms with van der Waals surface area (Å²) in [5.74, 6) is 1.48. The second-order valence-electron chi connectivity index (χ2n) is 13.4. The molecule has 0 fully saturated rings. The topological polar surface area (TPSA) is 41.9 Å². The highest BCUT2D eigenvalue weighted by molar-refractivity contribution is 6.18. The van der Waals surface area contributed by atoms with Crippen molar-refractivity contribution >= 4 is 27.8 Å². The third-order valence-electron chi connectivity index (χ3n) is 10.1. The predicted octanol–water partition coefficient (Wildman–Crippen LogP) is 12.9. The van der Waals surface area contributed by atoms with E-state index in [2.05, 4.69) is 89.8 Å². The molecule has 8 aromatic carbocycles. The summed E-state index contributed by atoms with van der Waals surface area (Å²) < 4.78 is 14.5. The maximum atomic E-state index is 14.5. The summed E-state index contributed by atoms with van der Waals surface area (Å²) in [6, 6.07) is 63.0. The van der Waals surface area contributed by atoms with E-state index in [0.29, 0.717) is 17.5 Å². The lowest BCUT2D eigenvalue weighted by Gasteiger charge is -2.27. The Morgan fingerprint density at radius 2 is 0.833 bits per heavy atom. The smallest absolute Gasteiger partial charge is 0.164 e. The Morgan fingerprint density at radius 3 is 1.43 bits per heavy atom. The lowest BCUT2D eigenvalue weighted by Crippen LogP contribution is -2.11. The van der Waals surface area contributed by atoms with Gasteiger partial charge in [0, 0.05) is 39.3 Å². The molecule has 0 aliphatic heterocycles. The molecule has 1 aliphatic rings. The van der Waals surface area contributed by atoms with Crippen LogP contribution in [0.15, 0.2) is 188 Å². The van der Waals surface area contributed by atoms with Crippen LogP contribution < -0.4 is 4.90 Å². The van der Waals surface area contributed by atoms with E-state index in [-0.39, 0.29) is 5.82 Å². The summed E-state index contributed by atoms with van der Waals surface area (Å²) in [5, 5.41) is 2.38. The second-order valence-corrected chi connectivity index (χ2v) is 13.4. The van der Waals surface area contributed by atoms with Gasteiger partial charge in [0.1, 0.15) is 5.82 Å². The molecule has 9 aromatic rings. The van der Waals surface area contributed by atoms with Crippen molar-refractivity contribution in [3.8, 4) is 67.5 Å². The molecular formula is C49H31FN4. The number of fused-ring (bicyclic) bond motifs is 3. The summed E-state index contributed by atoms with van der Waals surface area (Å²) in [4.78, 5) is 17.6. The highest BCUT2D eigenvalue weighted by Gasteiger charge is 2.29. The van der Waals surface area contributed by atoms with Gasteiger partial charge in [-0.1, -0.05) is 140 Å². The van der Waals surface area contributed by atoms with Gasteiger partial charge in [-0.25, -0.2) is 19.3 Å². The highest BCUT2D eigenvalue weighted by Crippen LogP contribution is 2.53. The minimum atomic E-state index is -0.290. The van der Waals surface area contributed by atoms with E-state index >= 15 is 0 Å². The van der Waals surface area contributed by atoms with Crippen LogP contribution in [0.1, 0.15) is 0 Å². The van der Waals surface area contributed by atoms with Crippen molar-refractivity contribution in [2.24, 2.45) is 0 Å². The Labute approximate surface area is 312 Å². The van der Waals surface area contributed by atoms with Crippen LogP contribution in [0.5, 0.6) is 0 Å². The maximum Gasteiger partial charge on any atom is 0.164 e. The number of aromatic nitrogens is 3. The van der Waals surface area contributed by atoms with Gasteiger partial charge in [-0.05, 0) is 87.1 Å². The first-order valence-electron chi connectivity index (χ1n) is 18.0. The summed E-state index contributed by atoms with van der Waals surface area (Å²) in [7, 11) is 0. The molecule has 1 aliphatic carbocycles. The molecular weight excluding hydrogens is 664 g/mol. The van der Waals surface area contributed by atoms with E-state index in [4.69, 9.17) is 15.0 Å². The van der Waals surface area contributed by atoms with E-state index in [1.807, 2.05) is 91.0 Å². The SMILES string of the molecule is Fc1ccc(N(c2ccc(-c3ccccc3)cc2)c2cc(-c3nc(-c4ccccc4)nc(-c4ccccc4)n3)c3c(c2)-c2cccc4cccc-3c24)cc1. The molecule has 0 bridgehead atoms. The van der Waals surface area contributed by atoms with Crippen molar-refractivity contribution in [2.45, 2.75) is 0 Å². The lowest BCUT2D eigenvalue weighted by molar-refractivity contribution is 0.628. The average Bonchev–Trinajstić information content (AvgIpc) is 3.57. The molecule has 0 spiro atoms. The number of hydrogen-bond donors (Lipinski definition) is 0. The summed E-state index contributed by atoms with van der Waals surface area (Å²) in [6.07, 6.45) is 0. The number of anilines is 3. The number of benzene rings is 8. The Hall–Kier alpha value is -7.24. The van der Waals surface area contributed by atoms with Gasteiger partial charge >= 0.3 is 0 Å². The van der Waals surface area contributed by atoms with Crippen LogP contribution in [-0.2, 0) is 0 Å². The fourth-order valence-corrected chi connectivity index (χ4v) is 7.61. The van der Waals surface area contributed by atoms with Gasteiger partial charge in [0.15, 0.2) is 17.5 Å². The van der Waals surface area contributed by atoms with Crippen molar-refractivity contribution in [3.63, 3.8) is 0 Å². The molecule has 10 rings (SSSR count). The zero-order valence-electron chi connectivity index (χ0n) is 29.1. The van der Waals surface area contributed by atoms with E-state index in [9.17, 15) is 4.39 Å². The molecule has 54 heavy (non-hydrogen) atoms. The van der Waals surface area contributed by atoms with Crippen molar-refractivity contribution in [2.75, 3.05) is 4.90 Å². The molecule has 0 atom stereocenters. The van der Waals surface area contributed by atoms with Crippen LogP contribution in [0.3, 0.4) is 0 Å². The summed E-state index contributed by atoms with van der Waals surface area (Å²) in [5.41, 5.74) is 12.1. The first-order chi connectivity index (χ1) is 26.7. The van der Waals surface area contributed by atoms with Crippen molar-refractivity contribution in [1.29, 1.82) is 0 Å². The first-order valence-corrected chi connectivity index (χ1v) is 18.0. The van der Waals surface area contributed by atoms with Crippen LogP contribution >= 0.6 is 0 Å². The molecule has 1 heterocycles. The second kappa shape index (κ2) is 13.1. The van der Waals surface area contributed by atoms with Crippen LogP contribution in [0.4, 0.5) is 21.5 Å². The normalized spacial score (nSPS) is 11.4. The highest BCUT2D eigenvalue weighted by atomic mass is 19.1. The van der Waals surface area contributed by atoms with Gasteiger partial charge in [0.05, 0.1) is 0 Å². The van der Waals surface area contributed by atoms with E-state index in [0.717, 1.165) is 67.1 Å². The molecule has 0 saturated carbocycles. The Morgan fingerprint density at radius 1 is 0.352 bits per heavy atom. The van der Waals surface area contributed by atoms with Gasteiger partial charge in [-0.2, -0.15) is 0 Å². The third kappa shape index (κ3) is 5.51. The Balaban J connectivity index is 1.25. The molecule has 0 amide bonds. The van der Waals surface area contributed by atoms with Gasteiger partial charge < -0.3 is 4.90 Å². The van der Waals surface area contributed by atoms with E-state index in [1.54, 1.807) is 0 Å². The molecule has 0 N–H and O–H groups in total. The monoisotopic (exact) mass is 694 g/mol. The molecule has 0 saturated heterocycles. The molecule has 5 heteroatoms.